The van der Waals surface area contributed by atoms with Gasteiger partial charge in [-0.25, -0.2) is 0 Å². The van der Waals surface area contributed by atoms with Gasteiger partial charge in [0, 0.05) is 6.07 Å². The summed E-state index contributed by atoms with van der Waals surface area (Å²) in [4.78, 5) is 11.0. The quantitative estimate of drug-likeness (QED) is 0.549. The first-order chi connectivity index (χ1) is 9.65. The van der Waals surface area contributed by atoms with Gasteiger partial charge in [0.05, 0.1) is 18.8 Å². The van der Waals surface area contributed by atoms with Gasteiger partial charge in [-0.05, 0) is 25.3 Å². The fourth-order valence-electron chi connectivity index (χ4n) is 2.08. The van der Waals surface area contributed by atoms with Gasteiger partial charge in [0.1, 0.15) is 5.75 Å². The molecule has 0 aliphatic heterocycles. The number of carbonyl (C=O) groups excluding carboxylic acids is 1. The maximum atomic E-state index is 11.0. The van der Waals surface area contributed by atoms with Crippen molar-refractivity contribution in [3.8, 4) is 17.2 Å². The first-order valence-electron chi connectivity index (χ1n) is 7.19. The van der Waals surface area contributed by atoms with Crippen LogP contribution in [-0.2, 0) is 0 Å². The topological polar surface area (TPSA) is 55.8 Å². The van der Waals surface area contributed by atoms with Crippen LogP contribution in [0, 0.1) is 0 Å². The van der Waals surface area contributed by atoms with E-state index in [2.05, 4.69) is 13.8 Å². The van der Waals surface area contributed by atoms with E-state index in [-0.39, 0.29) is 11.9 Å². The van der Waals surface area contributed by atoms with Gasteiger partial charge in [0.2, 0.25) is 0 Å². The average Bonchev–Trinajstić information content (AvgIpc) is 2.47. The summed E-state index contributed by atoms with van der Waals surface area (Å²) in [6.07, 6.45) is 6.02. The molecule has 0 spiro atoms. The number of ether oxygens (including phenoxy) is 2. The van der Waals surface area contributed by atoms with Gasteiger partial charge < -0.3 is 14.6 Å². The number of benzene rings is 1. The van der Waals surface area contributed by atoms with Gasteiger partial charge in [-0.2, -0.15) is 0 Å². The molecule has 1 atom stereocenters. The number of hydrogen-bond acceptors (Lipinski definition) is 4. The Morgan fingerprint density at radius 2 is 2.00 bits per heavy atom. The van der Waals surface area contributed by atoms with Gasteiger partial charge in [0.25, 0.3) is 0 Å². The number of hydrogen-bond donors (Lipinski definition) is 1. The normalized spacial score (nSPS) is 11.9. The summed E-state index contributed by atoms with van der Waals surface area (Å²) < 4.78 is 10.9. The summed E-state index contributed by atoms with van der Waals surface area (Å²) in [5.41, 5.74) is 0.378. The molecular weight excluding hydrogens is 256 g/mol. The van der Waals surface area contributed by atoms with E-state index in [0.29, 0.717) is 23.3 Å². The molecule has 0 bridgehead atoms. The lowest BCUT2D eigenvalue weighted by molar-refractivity contribution is 0.111. The number of aromatic hydroxyl groups is 1. The Bertz CT molecular complexity index is 429. The van der Waals surface area contributed by atoms with Crippen LogP contribution in [-0.4, -0.2) is 24.6 Å². The smallest absolute Gasteiger partial charge is 0.162 e. The standard InChI is InChI=1S/C16H24O4/c1-4-6-7-8-13(5-2)20-16-9-12(11-17)15(19-3)10-14(16)18/h9-11,13,18H,4-8H2,1-3H3. The van der Waals surface area contributed by atoms with E-state index in [1.165, 1.54) is 32.1 Å². The summed E-state index contributed by atoms with van der Waals surface area (Å²) in [5, 5.41) is 9.94. The number of methoxy groups -OCH3 is 1. The number of carbonyl (C=O) groups is 1. The van der Waals surface area contributed by atoms with Crippen molar-refractivity contribution < 1.29 is 19.4 Å². The highest BCUT2D eigenvalue weighted by molar-refractivity contribution is 5.81. The summed E-state index contributed by atoms with van der Waals surface area (Å²) in [6, 6.07) is 2.95. The SMILES string of the molecule is CCCCCC(CC)Oc1cc(C=O)c(OC)cc1O. The molecule has 0 saturated heterocycles. The molecule has 1 aromatic rings. The molecule has 1 N–H and O–H groups in total. The monoisotopic (exact) mass is 280 g/mol. The number of unbranched alkanes of at least 4 members (excludes halogenated alkanes) is 2. The van der Waals surface area contributed by atoms with Crippen LogP contribution in [0.2, 0.25) is 0 Å². The third-order valence-electron chi connectivity index (χ3n) is 3.32. The molecule has 0 fully saturated rings. The maximum Gasteiger partial charge on any atom is 0.162 e. The Labute approximate surface area is 120 Å². The number of aldehydes is 1. The van der Waals surface area contributed by atoms with Crippen molar-refractivity contribution in [2.45, 2.75) is 52.1 Å². The predicted molar refractivity (Wildman–Crippen MR) is 78.9 cm³/mol. The predicted octanol–water partition coefficient (Wildman–Crippen LogP) is 3.95. The van der Waals surface area contributed by atoms with Crippen LogP contribution in [0.15, 0.2) is 12.1 Å². The first kappa shape index (κ1) is 16.3. The lowest BCUT2D eigenvalue weighted by atomic mass is 10.1. The summed E-state index contributed by atoms with van der Waals surface area (Å²) in [5.74, 6) is 0.696. The Hall–Kier alpha value is -1.71. The largest absolute Gasteiger partial charge is 0.504 e. The van der Waals surface area contributed by atoms with Crippen LogP contribution in [0.1, 0.15) is 56.3 Å². The summed E-state index contributed by atoms with van der Waals surface area (Å²) in [7, 11) is 1.46. The fraction of sp³-hybridized carbons (Fsp3) is 0.562. The van der Waals surface area contributed by atoms with Gasteiger partial charge in [-0.1, -0.05) is 26.7 Å². The van der Waals surface area contributed by atoms with Crippen LogP contribution in [0.3, 0.4) is 0 Å². The second-order valence-electron chi connectivity index (χ2n) is 4.82. The van der Waals surface area contributed by atoms with Crippen molar-refractivity contribution in [2.24, 2.45) is 0 Å². The van der Waals surface area contributed by atoms with Gasteiger partial charge in [-0.15, -0.1) is 0 Å². The molecule has 0 saturated carbocycles. The number of phenols is 1. The van der Waals surface area contributed by atoms with Crippen molar-refractivity contribution in [3.05, 3.63) is 17.7 Å². The van der Waals surface area contributed by atoms with E-state index in [1.54, 1.807) is 0 Å². The van der Waals surface area contributed by atoms with E-state index in [4.69, 9.17) is 9.47 Å². The lowest BCUT2D eigenvalue weighted by Gasteiger charge is -2.19. The van der Waals surface area contributed by atoms with Gasteiger partial charge in [0.15, 0.2) is 17.8 Å². The molecule has 20 heavy (non-hydrogen) atoms. The highest BCUT2D eigenvalue weighted by Crippen LogP contribution is 2.34. The zero-order valence-corrected chi connectivity index (χ0v) is 12.5. The number of phenolic OH excluding ortho intramolecular Hbond substituents is 1. The third-order valence-corrected chi connectivity index (χ3v) is 3.32. The van der Waals surface area contributed by atoms with Crippen molar-refractivity contribution in [1.82, 2.24) is 0 Å². The molecule has 1 unspecified atom stereocenters. The molecule has 1 rings (SSSR count). The molecule has 4 nitrogen and oxygen atoms in total. The van der Waals surface area contributed by atoms with Crippen LogP contribution < -0.4 is 9.47 Å². The molecule has 0 aromatic heterocycles. The molecule has 0 amide bonds. The van der Waals surface area contributed by atoms with Crippen LogP contribution in [0.25, 0.3) is 0 Å². The zero-order chi connectivity index (χ0) is 15.0. The van der Waals surface area contributed by atoms with Gasteiger partial charge in [-0.3, -0.25) is 4.79 Å². The Morgan fingerprint density at radius 3 is 2.55 bits per heavy atom. The maximum absolute atomic E-state index is 11.0. The fourth-order valence-corrected chi connectivity index (χ4v) is 2.08. The van der Waals surface area contributed by atoms with Crippen molar-refractivity contribution in [3.63, 3.8) is 0 Å². The van der Waals surface area contributed by atoms with E-state index in [0.717, 1.165) is 19.3 Å². The Balaban J connectivity index is 2.81. The molecule has 0 aliphatic carbocycles. The number of rotatable bonds is 9. The van der Waals surface area contributed by atoms with E-state index in [9.17, 15) is 9.90 Å². The molecule has 4 heteroatoms. The third kappa shape index (κ3) is 4.44. The molecule has 112 valence electrons. The lowest BCUT2D eigenvalue weighted by Crippen LogP contribution is -2.15. The molecule has 1 aromatic carbocycles. The molecule has 0 heterocycles. The Morgan fingerprint density at radius 1 is 1.25 bits per heavy atom. The Kier molecular flexibility index (Phi) is 6.91. The van der Waals surface area contributed by atoms with Crippen molar-refractivity contribution in [2.75, 3.05) is 7.11 Å². The highest BCUT2D eigenvalue weighted by Gasteiger charge is 2.14. The highest BCUT2D eigenvalue weighted by atomic mass is 16.5. The van der Waals surface area contributed by atoms with E-state index in [1.807, 2.05) is 0 Å². The molecule has 0 radical (unpaired) electrons. The minimum Gasteiger partial charge on any atom is -0.504 e. The van der Waals surface area contributed by atoms with E-state index < -0.39 is 0 Å². The van der Waals surface area contributed by atoms with Crippen molar-refractivity contribution in [1.29, 1.82) is 0 Å². The molecular formula is C16H24O4. The molecule has 0 aliphatic rings. The second kappa shape index (κ2) is 8.46. The minimum atomic E-state index is 0.00129. The van der Waals surface area contributed by atoms with Crippen molar-refractivity contribution >= 4 is 6.29 Å². The van der Waals surface area contributed by atoms with Gasteiger partial charge >= 0.3 is 0 Å². The first-order valence-corrected chi connectivity index (χ1v) is 7.19. The second-order valence-corrected chi connectivity index (χ2v) is 4.82. The van der Waals surface area contributed by atoms with Crippen LogP contribution >= 0.6 is 0 Å². The minimum absolute atomic E-state index is 0.00129. The summed E-state index contributed by atoms with van der Waals surface area (Å²) >= 11 is 0. The summed E-state index contributed by atoms with van der Waals surface area (Å²) in [6.45, 7) is 4.21. The van der Waals surface area contributed by atoms with E-state index >= 15 is 0 Å². The van der Waals surface area contributed by atoms with Crippen LogP contribution in [0.4, 0.5) is 0 Å². The average molecular weight is 280 g/mol. The van der Waals surface area contributed by atoms with Crippen LogP contribution in [0.5, 0.6) is 17.2 Å². The zero-order valence-electron chi connectivity index (χ0n) is 12.5.